The number of anilines is 1. The average Bonchev–Trinajstić information content (AvgIpc) is 3.44. The molecule has 1 heteroatoms. The second kappa shape index (κ2) is 9.78. The molecule has 0 spiro atoms. The van der Waals surface area contributed by atoms with Crippen molar-refractivity contribution in [3.8, 4) is 11.1 Å². The molecule has 0 saturated carbocycles. The van der Waals surface area contributed by atoms with E-state index < -0.39 is 0 Å². The van der Waals surface area contributed by atoms with E-state index in [2.05, 4.69) is 166 Å². The van der Waals surface area contributed by atoms with Crippen LogP contribution in [-0.2, 0) is 10.8 Å². The minimum Gasteiger partial charge on any atom is -0.382 e. The predicted octanol–water partition coefficient (Wildman–Crippen LogP) is 9.78. The van der Waals surface area contributed by atoms with E-state index in [0.717, 1.165) is 12.2 Å². The van der Waals surface area contributed by atoms with Gasteiger partial charge in [0, 0.05) is 17.6 Å². The number of fused-ring (bicyclic) bond motifs is 4. The summed E-state index contributed by atoms with van der Waals surface area (Å²) in [6, 6.07) is 46.6. The van der Waals surface area contributed by atoms with Crippen LogP contribution < -0.4 is 5.32 Å². The molecule has 0 radical (unpaired) electrons. The van der Waals surface area contributed by atoms with Crippen molar-refractivity contribution < 1.29 is 0 Å². The van der Waals surface area contributed by atoms with E-state index >= 15 is 0 Å². The first-order chi connectivity index (χ1) is 20.1. The molecule has 0 aliphatic heterocycles. The standard InChI is InChI=1S/C40H35N/c1-4-35-34(25-26-41-30-23-24-33-31-19-11-13-21-36(31)39(2,3)38(33)27-30)32-20-12-14-22-37(32)40(35,28-15-7-5-8-16-28)29-17-9-6-10-18-29/h4-25,27,41H,26H2,1-3H3/b34-25-,35-4+. The summed E-state index contributed by atoms with van der Waals surface area (Å²) in [5, 5.41) is 3.74. The Labute approximate surface area is 243 Å². The zero-order valence-electron chi connectivity index (χ0n) is 24.0. The molecule has 0 heterocycles. The van der Waals surface area contributed by atoms with Crippen molar-refractivity contribution >= 4 is 11.3 Å². The summed E-state index contributed by atoms with van der Waals surface area (Å²) in [7, 11) is 0. The predicted molar refractivity (Wildman–Crippen MR) is 173 cm³/mol. The highest BCUT2D eigenvalue weighted by atomic mass is 14.9. The monoisotopic (exact) mass is 529 g/mol. The molecular weight excluding hydrogens is 494 g/mol. The van der Waals surface area contributed by atoms with Gasteiger partial charge in [-0.25, -0.2) is 0 Å². The Bertz CT molecular complexity index is 1770. The molecule has 2 aliphatic carbocycles. The van der Waals surface area contributed by atoms with Gasteiger partial charge in [-0.05, 0) is 74.7 Å². The zero-order chi connectivity index (χ0) is 28.0. The summed E-state index contributed by atoms with van der Waals surface area (Å²) < 4.78 is 0. The van der Waals surface area contributed by atoms with Gasteiger partial charge in [0.25, 0.3) is 0 Å². The second-order valence-corrected chi connectivity index (χ2v) is 11.7. The van der Waals surface area contributed by atoms with Crippen molar-refractivity contribution in [3.63, 3.8) is 0 Å². The Kier molecular flexibility index (Phi) is 6.05. The van der Waals surface area contributed by atoms with E-state index in [1.54, 1.807) is 0 Å². The van der Waals surface area contributed by atoms with Crippen molar-refractivity contribution in [2.45, 2.75) is 31.6 Å². The first kappa shape index (κ1) is 25.4. The molecule has 41 heavy (non-hydrogen) atoms. The maximum Gasteiger partial charge on any atom is 0.0710 e. The van der Waals surface area contributed by atoms with Crippen LogP contribution in [0.5, 0.6) is 0 Å². The van der Waals surface area contributed by atoms with Gasteiger partial charge in [0.1, 0.15) is 0 Å². The molecule has 7 rings (SSSR count). The van der Waals surface area contributed by atoms with Crippen molar-refractivity contribution in [3.05, 3.63) is 178 Å². The van der Waals surface area contributed by atoms with Crippen molar-refractivity contribution in [2.75, 3.05) is 11.9 Å². The van der Waals surface area contributed by atoms with Crippen molar-refractivity contribution in [2.24, 2.45) is 0 Å². The Hall–Kier alpha value is -4.62. The van der Waals surface area contributed by atoms with Crippen LogP contribution in [-0.4, -0.2) is 6.54 Å². The van der Waals surface area contributed by atoms with Gasteiger partial charge >= 0.3 is 0 Å². The lowest BCUT2D eigenvalue weighted by Gasteiger charge is -2.34. The van der Waals surface area contributed by atoms with Crippen LogP contribution in [0.4, 0.5) is 5.69 Å². The van der Waals surface area contributed by atoms with Crippen LogP contribution in [0.2, 0.25) is 0 Å². The number of allylic oxidation sites excluding steroid dienone is 3. The number of nitrogens with one attached hydrogen (secondary N) is 1. The van der Waals surface area contributed by atoms with Gasteiger partial charge in [-0.2, -0.15) is 0 Å². The van der Waals surface area contributed by atoms with E-state index in [0.29, 0.717) is 0 Å². The number of hydrogen-bond donors (Lipinski definition) is 1. The Morgan fingerprint density at radius 2 is 1.15 bits per heavy atom. The largest absolute Gasteiger partial charge is 0.382 e. The number of hydrogen-bond acceptors (Lipinski definition) is 1. The van der Waals surface area contributed by atoms with Crippen molar-refractivity contribution in [1.82, 2.24) is 0 Å². The minimum atomic E-state index is -0.358. The summed E-state index contributed by atoms with van der Waals surface area (Å²) in [6.45, 7) is 7.60. The fourth-order valence-corrected chi connectivity index (χ4v) is 7.38. The van der Waals surface area contributed by atoms with E-state index in [9.17, 15) is 0 Å². The topological polar surface area (TPSA) is 12.0 Å². The molecule has 0 bridgehead atoms. The molecule has 1 N–H and O–H groups in total. The van der Waals surface area contributed by atoms with Crippen LogP contribution in [0.1, 0.15) is 54.2 Å². The van der Waals surface area contributed by atoms with Crippen LogP contribution in [0.25, 0.3) is 16.7 Å². The minimum absolute atomic E-state index is 0.00440. The SMILES string of the molecule is C/C=C1\C(=C/CNc2ccc3c(c2)C(C)(C)c2ccccc2-3)c2ccccc2C1(c1ccccc1)c1ccccc1. The molecule has 0 atom stereocenters. The van der Waals surface area contributed by atoms with Gasteiger partial charge in [-0.15, -0.1) is 0 Å². The summed E-state index contributed by atoms with van der Waals surface area (Å²) in [6.07, 6.45) is 4.70. The first-order valence-electron chi connectivity index (χ1n) is 14.6. The summed E-state index contributed by atoms with van der Waals surface area (Å²) in [5.74, 6) is 0. The first-order valence-corrected chi connectivity index (χ1v) is 14.6. The van der Waals surface area contributed by atoms with Gasteiger partial charge in [-0.1, -0.05) is 141 Å². The number of benzene rings is 5. The summed E-state index contributed by atoms with van der Waals surface area (Å²) in [5.41, 5.74) is 14.2. The Balaban J connectivity index is 1.29. The van der Waals surface area contributed by atoms with Crippen molar-refractivity contribution in [1.29, 1.82) is 0 Å². The maximum atomic E-state index is 3.74. The summed E-state index contributed by atoms with van der Waals surface area (Å²) >= 11 is 0. The molecule has 0 saturated heterocycles. The lowest BCUT2D eigenvalue weighted by molar-refractivity contribution is 0.660. The maximum absolute atomic E-state index is 3.74. The Morgan fingerprint density at radius 1 is 0.585 bits per heavy atom. The summed E-state index contributed by atoms with van der Waals surface area (Å²) in [4.78, 5) is 0. The van der Waals surface area contributed by atoms with Gasteiger partial charge in [-0.3, -0.25) is 0 Å². The highest BCUT2D eigenvalue weighted by molar-refractivity contribution is 5.94. The molecule has 0 unspecified atom stereocenters. The van der Waals surface area contributed by atoms with Crippen LogP contribution in [0, 0.1) is 0 Å². The third-order valence-corrected chi connectivity index (χ3v) is 9.21. The molecule has 2 aliphatic rings. The van der Waals surface area contributed by atoms with Crippen LogP contribution >= 0.6 is 0 Å². The molecule has 5 aromatic rings. The molecule has 200 valence electrons. The van der Waals surface area contributed by atoms with Gasteiger partial charge in [0.05, 0.1) is 5.41 Å². The molecule has 0 amide bonds. The van der Waals surface area contributed by atoms with Gasteiger partial charge in [0.2, 0.25) is 0 Å². The highest BCUT2D eigenvalue weighted by Crippen LogP contribution is 2.57. The fraction of sp³-hybridized carbons (Fsp3) is 0.150. The van der Waals surface area contributed by atoms with Crippen LogP contribution in [0.3, 0.4) is 0 Å². The zero-order valence-corrected chi connectivity index (χ0v) is 24.0. The van der Waals surface area contributed by atoms with Gasteiger partial charge < -0.3 is 5.32 Å². The second-order valence-electron chi connectivity index (χ2n) is 11.7. The normalized spacial score (nSPS) is 17.7. The highest BCUT2D eigenvalue weighted by Gasteiger charge is 2.47. The third-order valence-electron chi connectivity index (χ3n) is 9.21. The van der Waals surface area contributed by atoms with E-state index in [1.807, 2.05) is 0 Å². The molecule has 0 aromatic heterocycles. The van der Waals surface area contributed by atoms with E-state index in [-0.39, 0.29) is 10.8 Å². The Morgan fingerprint density at radius 3 is 1.80 bits per heavy atom. The molecule has 0 fully saturated rings. The number of rotatable bonds is 5. The molecule has 5 aromatic carbocycles. The molecule has 1 nitrogen and oxygen atoms in total. The fourth-order valence-electron chi connectivity index (χ4n) is 7.38. The lowest BCUT2D eigenvalue weighted by atomic mass is 9.67. The lowest BCUT2D eigenvalue weighted by Crippen LogP contribution is -2.28. The molecular formula is C40H35N. The van der Waals surface area contributed by atoms with E-state index in [4.69, 9.17) is 0 Å². The average molecular weight is 530 g/mol. The van der Waals surface area contributed by atoms with Gasteiger partial charge in [0.15, 0.2) is 0 Å². The van der Waals surface area contributed by atoms with Crippen LogP contribution in [0.15, 0.2) is 145 Å². The third kappa shape index (κ3) is 3.76. The quantitative estimate of drug-likeness (QED) is 0.239. The van der Waals surface area contributed by atoms with E-state index in [1.165, 1.54) is 55.7 Å². The smallest absolute Gasteiger partial charge is 0.0710 e.